The van der Waals surface area contributed by atoms with Crippen molar-refractivity contribution in [2.75, 3.05) is 0 Å². The van der Waals surface area contributed by atoms with Crippen molar-refractivity contribution >= 4 is 21.9 Å². The lowest BCUT2D eigenvalue weighted by Crippen LogP contribution is -2.28. The van der Waals surface area contributed by atoms with Gasteiger partial charge in [-0.25, -0.2) is 15.0 Å². The van der Waals surface area contributed by atoms with Gasteiger partial charge in [0.15, 0.2) is 17.5 Å². The van der Waals surface area contributed by atoms with E-state index in [0.717, 1.165) is 66.4 Å². The Hall–Kier alpha value is -8.21. The van der Waals surface area contributed by atoms with E-state index in [1.165, 1.54) is 27.8 Å². The molecular weight excluding hydrogens is 755 g/mol. The number of hydrogen-bond acceptors (Lipinski definition) is 4. The van der Waals surface area contributed by atoms with Gasteiger partial charge in [-0.05, 0) is 74.3 Å². The SMILES string of the molecule is c1ccc(-c2ccc(-c3nc(-c4cccc(C5(c6ccccc6)c6ccccc6-c6ccccc65)c4)nc(-c4ccc(-c5ccccc5)c5oc6ccccc6c45)n3)cc2)cc1. The van der Waals surface area contributed by atoms with E-state index < -0.39 is 5.41 Å². The van der Waals surface area contributed by atoms with Gasteiger partial charge in [0.05, 0.1) is 5.41 Å². The maximum Gasteiger partial charge on any atom is 0.164 e. The van der Waals surface area contributed by atoms with E-state index in [4.69, 9.17) is 19.4 Å². The number of fused-ring (bicyclic) bond motifs is 6. The van der Waals surface area contributed by atoms with Crippen LogP contribution < -0.4 is 0 Å². The minimum Gasteiger partial charge on any atom is -0.455 e. The maximum atomic E-state index is 6.70. The second-order valence-corrected chi connectivity index (χ2v) is 15.9. The van der Waals surface area contributed by atoms with Crippen LogP contribution in [0.1, 0.15) is 22.3 Å². The van der Waals surface area contributed by atoms with Crippen molar-refractivity contribution in [1.82, 2.24) is 15.0 Å². The number of furan rings is 1. The van der Waals surface area contributed by atoms with Gasteiger partial charge in [-0.1, -0.05) is 200 Å². The summed E-state index contributed by atoms with van der Waals surface area (Å²) in [4.78, 5) is 16.0. The van der Waals surface area contributed by atoms with Gasteiger partial charge in [0.2, 0.25) is 0 Å². The zero-order valence-electron chi connectivity index (χ0n) is 33.6. The molecule has 0 atom stereocenters. The van der Waals surface area contributed by atoms with E-state index in [0.29, 0.717) is 17.5 Å². The molecule has 1 aliphatic carbocycles. The normalized spacial score (nSPS) is 12.6. The number of hydrogen-bond donors (Lipinski definition) is 0. The van der Waals surface area contributed by atoms with Crippen molar-refractivity contribution in [2.45, 2.75) is 5.41 Å². The standard InChI is InChI=1S/C58H37N3O/c1-4-17-38(18-5-1)39-31-33-41(34-32-39)55-59-56(61-57(60-55)49-36-35-45(40-19-6-2-7-20-40)54-53(49)48-27-12-15-30-52(48)62-54)42-21-16-24-44(37-42)58(43-22-8-3-9-23-43)50-28-13-10-25-46(50)47-26-11-14-29-51(47)58/h1-37H. The predicted octanol–water partition coefficient (Wildman–Crippen LogP) is 14.5. The zero-order chi connectivity index (χ0) is 41.0. The Labute approximate surface area is 359 Å². The lowest BCUT2D eigenvalue weighted by atomic mass is 9.67. The fraction of sp³-hybridized carbons (Fsp3) is 0.0172. The summed E-state index contributed by atoms with van der Waals surface area (Å²) >= 11 is 0. The highest BCUT2D eigenvalue weighted by molar-refractivity contribution is 6.15. The molecule has 0 radical (unpaired) electrons. The summed E-state index contributed by atoms with van der Waals surface area (Å²) in [6.07, 6.45) is 0. The van der Waals surface area contributed by atoms with Crippen LogP contribution in [0.4, 0.5) is 0 Å². The molecule has 0 amide bonds. The van der Waals surface area contributed by atoms with Gasteiger partial charge in [0, 0.05) is 33.0 Å². The van der Waals surface area contributed by atoms with Crippen LogP contribution in [0.3, 0.4) is 0 Å². The quantitative estimate of drug-likeness (QED) is 0.161. The molecule has 0 N–H and O–H groups in total. The maximum absolute atomic E-state index is 6.70. The molecule has 290 valence electrons. The third kappa shape index (κ3) is 5.65. The lowest BCUT2D eigenvalue weighted by molar-refractivity contribution is 0.670. The molecule has 0 saturated carbocycles. The van der Waals surface area contributed by atoms with E-state index in [1.54, 1.807) is 0 Å². The molecule has 0 bridgehead atoms. The molecule has 9 aromatic carbocycles. The molecule has 12 rings (SSSR count). The van der Waals surface area contributed by atoms with E-state index in [-0.39, 0.29) is 0 Å². The van der Waals surface area contributed by atoms with Gasteiger partial charge in [-0.15, -0.1) is 0 Å². The van der Waals surface area contributed by atoms with E-state index in [2.05, 4.69) is 200 Å². The van der Waals surface area contributed by atoms with Crippen LogP contribution in [0, 0.1) is 0 Å². The van der Waals surface area contributed by atoms with Crippen molar-refractivity contribution in [3.8, 4) is 67.5 Å². The number of rotatable bonds is 7. The number of para-hydroxylation sites is 1. The van der Waals surface area contributed by atoms with Gasteiger partial charge in [-0.2, -0.15) is 0 Å². The van der Waals surface area contributed by atoms with Crippen LogP contribution in [-0.4, -0.2) is 15.0 Å². The molecule has 2 heterocycles. The van der Waals surface area contributed by atoms with Gasteiger partial charge in [0.1, 0.15) is 11.2 Å². The Morgan fingerprint density at radius 2 is 0.823 bits per heavy atom. The number of aromatic nitrogens is 3. The highest BCUT2D eigenvalue weighted by Crippen LogP contribution is 2.56. The van der Waals surface area contributed by atoms with Crippen molar-refractivity contribution in [3.63, 3.8) is 0 Å². The molecule has 0 aliphatic heterocycles. The number of nitrogens with zero attached hydrogens (tertiary/aromatic N) is 3. The summed E-state index contributed by atoms with van der Waals surface area (Å²) < 4.78 is 6.70. The predicted molar refractivity (Wildman–Crippen MR) is 252 cm³/mol. The molecule has 4 heteroatoms. The summed E-state index contributed by atoms with van der Waals surface area (Å²) in [5.41, 5.74) is 15.5. The molecule has 0 unspecified atom stereocenters. The Morgan fingerprint density at radius 1 is 0.323 bits per heavy atom. The number of benzene rings is 9. The first-order chi connectivity index (χ1) is 30.7. The Balaban J connectivity index is 1.10. The van der Waals surface area contributed by atoms with E-state index in [1.807, 2.05) is 24.3 Å². The average molecular weight is 792 g/mol. The highest BCUT2D eigenvalue weighted by atomic mass is 16.3. The van der Waals surface area contributed by atoms with E-state index >= 15 is 0 Å². The first-order valence-corrected chi connectivity index (χ1v) is 21.0. The molecule has 4 nitrogen and oxygen atoms in total. The van der Waals surface area contributed by atoms with Gasteiger partial charge >= 0.3 is 0 Å². The summed E-state index contributed by atoms with van der Waals surface area (Å²) in [7, 11) is 0. The van der Waals surface area contributed by atoms with Crippen LogP contribution >= 0.6 is 0 Å². The van der Waals surface area contributed by atoms with Crippen LogP contribution in [0.25, 0.3) is 89.5 Å². The topological polar surface area (TPSA) is 51.8 Å². The lowest BCUT2D eigenvalue weighted by Gasteiger charge is -2.34. The average Bonchev–Trinajstić information content (AvgIpc) is 3.89. The van der Waals surface area contributed by atoms with Crippen LogP contribution in [0.15, 0.2) is 229 Å². The molecule has 0 saturated heterocycles. The fourth-order valence-electron chi connectivity index (χ4n) is 9.66. The molecular formula is C58H37N3O. The van der Waals surface area contributed by atoms with Crippen molar-refractivity contribution < 1.29 is 4.42 Å². The summed E-state index contributed by atoms with van der Waals surface area (Å²) in [6, 6.07) is 79.2. The molecule has 2 aromatic heterocycles. The summed E-state index contributed by atoms with van der Waals surface area (Å²) in [5, 5.41) is 1.98. The Morgan fingerprint density at radius 3 is 1.53 bits per heavy atom. The minimum absolute atomic E-state index is 0.564. The van der Waals surface area contributed by atoms with Gasteiger partial charge in [0.25, 0.3) is 0 Å². The second kappa shape index (κ2) is 14.5. The first kappa shape index (κ1) is 35.7. The molecule has 1 aliphatic rings. The third-order valence-electron chi connectivity index (χ3n) is 12.5. The van der Waals surface area contributed by atoms with Crippen LogP contribution in [-0.2, 0) is 5.41 Å². The van der Waals surface area contributed by atoms with Crippen LogP contribution in [0.5, 0.6) is 0 Å². The molecule has 62 heavy (non-hydrogen) atoms. The first-order valence-electron chi connectivity index (χ1n) is 21.0. The summed E-state index contributed by atoms with van der Waals surface area (Å²) in [6.45, 7) is 0. The van der Waals surface area contributed by atoms with Gasteiger partial charge < -0.3 is 4.42 Å². The fourth-order valence-corrected chi connectivity index (χ4v) is 9.66. The highest BCUT2D eigenvalue weighted by Gasteiger charge is 2.46. The molecule has 11 aromatic rings. The van der Waals surface area contributed by atoms with Crippen molar-refractivity contribution in [3.05, 3.63) is 247 Å². The van der Waals surface area contributed by atoms with Crippen molar-refractivity contribution in [2.24, 2.45) is 0 Å². The van der Waals surface area contributed by atoms with Crippen molar-refractivity contribution in [1.29, 1.82) is 0 Å². The summed E-state index contributed by atoms with van der Waals surface area (Å²) in [5.74, 6) is 1.76. The monoisotopic (exact) mass is 791 g/mol. The zero-order valence-corrected chi connectivity index (χ0v) is 33.6. The largest absolute Gasteiger partial charge is 0.455 e. The Bertz CT molecular complexity index is 3400. The Kier molecular flexibility index (Phi) is 8.36. The van der Waals surface area contributed by atoms with Crippen LogP contribution in [0.2, 0.25) is 0 Å². The minimum atomic E-state index is -0.564. The van der Waals surface area contributed by atoms with E-state index in [9.17, 15) is 0 Å². The third-order valence-corrected chi connectivity index (χ3v) is 12.5. The smallest absolute Gasteiger partial charge is 0.164 e. The van der Waals surface area contributed by atoms with Gasteiger partial charge in [-0.3, -0.25) is 0 Å². The molecule has 0 fully saturated rings. The molecule has 0 spiro atoms. The second-order valence-electron chi connectivity index (χ2n) is 15.9.